The molecule has 0 aliphatic carbocycles. The second-order valence-corrected chi connectivity index (χ2v) is 3.89. The summed E-state index contributed by atoms with van der Waals surface area (Å²) in [7, 11) is 0. The van der Waals surface area contributed by atoms with Gasteiger partial charge in [0, 0.05) is 26.2 Å². The maximum absolute atomic E-state index is 10.7. The van der Waals surface area contributed by atoms with Gasteiger partial charge < -0.3 is 10.2 Å². The van der Waals surface area contributed by atoms with Crippen molar-refractivity contribution in [2.75, 3.05) is 31.1 Å². The molecule has 0 unspecified atom stereocenters. The lowest BCUT2D eigenvalue weighted by Crippen LogP contribution is -2.43. The number of nitrogens with zero attached hydrogens (tertiary/aromatic N) is 5. The first-order valence-corrected chi connectivity index (χ1v) is 5.51. The molecular weight excluding hydrogens is 291 g/mol. The van der Waals surface area contributed by atoms with E-state index in [0.717, 1.165) is 32.0 Å². The first-order valence-electron chi connectivity index (χ1n) is 5.51. The van der Waals surface area contributed by atoms with Gasteiger partial charge in [0.1, 0.15) is 11.3 Å². The lowest BCUT2D eigenvalue weighted by atomic mass is 10.3. The standard InChI is InChI=1S/C10H12N6O.2ClH/c17-7-16-8-1-2-9(12-10(8)13-14-16)15-5-3-11-4-6-15;;/h1-2,7,11H,3-6H2;2*1H. The number of nitrogens with one attached hydrogen (secondary N) is 1. The third-order valence-corrected chi connectivity index (χ3v) is 2.86. The molecule has 9 heteroatoms. The quantitative estimate of drug-likeness (QED) is 0.794. The van der Waals surface area contributed by atoms with Crippen LogP contribution in [0.4, 0.5) is 5.82 Å². The maximum atomic E-state index is 10.7. The first kappa shape index (κ1) is 15.6. The summed E-state index contributed by atoms with van der Waals surface area (Å²) < 4.78 is 1.18. The summed E-state index contributed by atoms with van der Waals surface area (Å²) >= 11 is 0. The summed E-state index contributed by atoms with van der Waals surface area (Å²) in [5.74, 6) is 0.886. The number of anilines is 1. The molecule has 0 bridgehead atoms. The zero-order valence-electron chi connectivity index (χ0n) is 10.0. The van der Waals surface area contributed by atoms with Crippen molar-refractivity contribution >= 4 is 48.2 Å². The molecule has 0 radical (unpaired) electrons. The average molecular weight is 305 g/mol. The monoisotopic (exact) mass is 304 g/mol. The van der Waals surface area contributed by atoms with Crippen LogP contribution in [-0.4, -0.2) is 52.6 Å². The molecule has 0 aromatic carbocycles. The van der Waals surface area contributed by atoms with Gasteiger partial charge in [0.25, 0.3) is 0 Å². The molecule has 1 fully saturated rings. The predicted molar refractivity (Wildman–Crippen MR) is 77.1 cm³/mol. The third-order valence-electron chi connectivity index (χ3n) is 2.86. The number of piperazine rings is 1. The largest absolute Gasteiger partial charge is 0.354 e. The van der Waals surface area contributed by atoms with E-state index in [4.69, 9.17) is 0 Å². The van der Waals surface area contributed by atoms with Crippen molar-refractivity contribution < 1.29 is 4.79 Å². The third kappa shape index (κ3) is 2.94. The number of carbonyl (C=O) groups excluding carboxylic acids is 1. The van der Waals surface area contributed by atoms with E-state index < -0.39 is 0 Å². The minimum Gasteiger partial charge on any atom is -0.354 e. The van der Waals surface area contributed by atoms with Gasteiger partial charge in [-0.05, 0) is 12.1 Å². The molecule has 0 amide bonds. The predicted octanol–water partition coefficient (Wildman–Crippen LogP) is 0.118. The van der Waals surface area contributed by atoms with Gasteiger partial charge in [0.05, 0.1) is 0 Å². The van der Waals surface area contributed by atoms with Crippen LogP contribution in [0.2, 0.25) is 0 Å². The fourth-order valence-corrected chi connectivity index (χ4v) is 1.97. The molecule has 1 N–H and O–H groups in total. The van der Waals surface area contributed by atoms with Crippen LogP contribution >= 0.6 is 24.8 Å². The molecular formula is C10H14Cl2N6O. The lowest BCUT2D eigenvalue weighted by Gasteiger charge is -2.28. The fourth-order valence-electron chi connectivity index (χ4n) is 1.97. The highest BCUT2D eigenvalue weighted by molar-refractivity contribution is 5.85. The molecule has 1 aliphatic rings. The van der Waals surface area contributed by atoms with Crippen molar-refractivity contribution in [1.82, 2.24) is 25.3 Å². The van der Waals surface area contributed by atoms with E-state index in [0.29, 0.717) is 17.6 Å². The van der Waals surface area contributed by atoms with E-state index >= 15 is 0 Å². The molecule has 3 heterocycles. The summed E-state index contributed by atoms with van der Waals surface area (Å²) in [6.07, 6.45) is 0.626. The number of hydrogen-bond acceptors (Lipinski definition) is 6. The highest BCUT2D eigenvalue weighted by Gasteiger charge is 2.13. The Bertz CT molecular complexity index is 554. The zero-order valence-corrected chi connectivity index (χ0v) is 11.7. The summed E-state index contributed by atoms with van der Waals surface area (Å²) in [6, 6.07) is 3.73. The van der Waals surface area contributed by atoms with E-state index in [1.807, 2.05) is 12.1 Å². The Labute approximate surface area is 122 Å². The highest BCUT2D eigenvalue weighted by atomic mass is 35.5. The minimum absolute atomic E-state index is 0. The van der Waals surface area contributed by atoms with Crippen LogP contribution in [0.5, 0.6) is 0 Å². The fraction of sp³-hybridized carbons (Fsp3) is 0.400. The highest BCUT2D eigenvalue weighted by Crippen LogP contribution is 2.16. The van der Waals surface area contributed by atoms with Crippen molar-refractivity contribution in [2.24, 2.45) is 0 Å². The molecule has 1 aliphatic heterocycles. The second-order valence-electron chi connectivity index (χ2n) is 3.89. The molecule has 7 nitrogen and oxygen atoms in total. The van der Waals surface area contributed by atoms with Crippen molar-refractivity contribution in [3.63, 3.8) is 0 Å². The van der Waals surface area contributed by atoms with Gasteiger partial charge in [-0.15, -0.1) is 29.9 Å². The van der Waals surface area contributed by atoms with E-state index in [-0.39, 0.29) is 24.8 Å². The molecule has 0 atom stereocenters. The van der Waals surface area contributed by atoms with Crippen LogP contribution in [0.1, 0.15) is 0 Å². The van der Waals surface area contributed by atoms with E-state index in [9.17, 15) is 4.79 Å². The molecule has 19 heavy (non-hydrogen) atoms. The Kier molecular flexibility index (Phi) is 5.46. The number of halogens is 2. The van der Waals surface area contributed by atoms with Crippen LogP contribution < -0.4 is 10.2 Å². The zero-order chi connectivity index (χ0) is 11.7. The molecule has 104 valence electrons. The number of carbonyl (C=O) groups is 1. The normalized spacial score (nSPS) is 14.6. The minimum atomic E-state index is 0. The Hall–Kier alpha value is -1.44. The average Bonchev–Trinajstić information content (AvgIpc) is 2.81. The number of pyridine rings is 1. The number of fused-ring (bicyclic) bond motifs is 1. The van der Waals surface area contributed by atoms with Crippen molar-refractivity contribution in [1.29, 1.82) is 0 Å². The van der Waals surface area contributed by atoms with Crippen molar-refractivity contribution in [3.05, 3.63) is 12.1 Å². The first-order chi connectivity index (χ1) is 8.38. The van der Waals surface area contributed by atoms with Gasteiger partial charge in [0.15, 0.2) is 0 Å². The van der Waals surface area contributed by atoms with Crippen LogP contribution in [0.25, 0.3) is 11.2 Å². The van der Waals surface area contributed by atoms with Crippen molar-refractivity contribution in [3.8, 4) is 0 Å². The van der Waals surface area contributed by atoms with Gasteiger partial charge >= 0.3 is 0 Å². The lowest BCUT2D eigenvalue weighted by molar-refractivity contribution is 0.540. The van der Waals surface area contributed by atoms with Crippen LogP contribution in [-0.2, 0) is 4.79 Å². The van der Waals surface area contributed by atoms with Crippen molar-refractivity contribution in [2.45, 2.75) is 0 Å². The summed E-state index contributed by atoms with van der Waals surface area (Å²) in [5.41, 5.74) is 1.15. The number of hydrogen-bond donors (Lipinski definition) is 1. The summed E-state index contributed by atoms with van der Waals surface area (Å²) in [5, 5.41) is 10.9. The van der Waals surface area contributed by atoms with Gasteiger partial charge in [-0.2, -0.15) is 4.68 Å². The Balaban J connectivity index is 0.000000902. The molecule has 0 saturated carbocycles. The number of aromatic nitrogens is 4. The smallest absolute Gasteiger partial charge is 0.236 e. The molecule has 0 spiro atoms. The molecule has 2 aromatic heterocycles. The van der Waals surface area contributed by atoms with Crippen LogP contribution in [0, 0.1) is 0 Å². The van der Waals surface area contributed by atoms with Gasteiger partial charge in [-0.25, -0.2) is 4.98 Å². The molecule has 2 aromatic rings. The van der Waals surface area contributed by atoms with Crippen LogP contribution in [0.15, 0.2) is 12.1 Å². The summed E-state index contributed by atoms with van der Waals surface area (Å²) in [4.78, 5) is 17.3. The Morgan fingerprint density at radius 1 is 1.21 bits per heavy atom. The van der Waals surface area contributed by atoms with E-state index in [2.05, 4.69) is 25.5 Å². The molecule has 1 saturated heterocycles. The Morgan fingerprint density at radius 3 is 2.63 bits per heavy atom. The van der Waals surface area contributed by atoms with E-state index in [1.165, 1.54) is 4.68 Å². The van der Waals surface area contributed by atoms with Gasteiger partial charge in [-0.3, -0.25) is 4.79 Å². The van der Waals surface area contributed by atoms with E-state index in [1.54, 1.807) is 0 Å². The Morgan fingerprint density at radius 2 is 1.95 bits per heavy atom. The summed E-state index contributed by atoms with van der Waals surface area (Å²) in [6.45, 7) is 3.78. The topological polar surface area (TPSA) is 75.9 Å². The second kappa shape index (κ2) is 6.65. The maximum Gasteiger partial charge on any atom is 0.236 e. The van der Waals surface area contributed by atoms with Crippen LogP contribution in [0.3, 0.4) is 0 Å². The SMILES string of the molecule is Cl.Cl.O=Cn1nnc2nc(N3CCNCC3)ccc21. The van der Waals surface area contributed by atoms with Gasteiger partial charge in [-0.1, -0.05) is 5.21 Å². The number of rotatable bonds is 2. The van der Waals surface area contributed by atoms with Gasteiger partial charge in [0.2, 0.25) is 12.1 Å². The molecule has 3 rings (SSSR count).